The van der Waals surface area contributed by atoms with Gasteiger partial charge in [-0.05, 0) is 35.7 Å². The predicted molar refractivity (Wildman–Crippen MR) is 113 cm³/mol. The molecule has 0 aliphatic carbocycles. The van der Waals surface area contributed by atoms with Crippen LogP contribution in [0.25, 0.3) is 0 Å². The topological polar surface area (TPSA) is 104 Å². The number of halogens is 3. The molecular formula is C18H12Cl2FN3O4S2. The van der Waals surface area contributed by atoms with Gasteiger partial charge >= 0.3 is 0 Å². The van der Waals surface area contributed by atoms with Crippen molar-refractivity contribution in [1.29, 1.82) is 0 Å². The molecule has 0 fully saturated rings. The average Bonchev–Trinajstić information content (AvgIpc) is 3.25. The fraction of sp³-hybridized carbons (Fsp3) is 0. The number of para-hydroxylation sites is 1. The molecule has 0 aliphatic rings. The maximum absolute atomic E-state index is 13.6. The molecule has 0 aliphatic heterocycles. The summed E-state index contributed by atoms with van der Waals surface area (Å²) in [6, 6.07) is 10.7. The Labute approximate surface area is 184 Å². The zero-order chi connectivity index (χ0) is 21.9. The Morgan fingerprint density at radius 2 is 1.57 bits per heavy atom. The molecule has 0 saturated carbocycles. The highest BCUT2D eigenvalue weighted by molar-refractivity contribution is 7.94. The highest BCUT2D eigenvalue weighted by atomic mass is 35.5. The number of carbonyl (C=O) groups excluding carboxylic acids is 2. The molecule has 1 heterocycles. The number of anilines is 1. The van der Waals surface area contributed by atoms with Gasteiger partial charge in [0.15, 0.2) is 0 Å². The quantitative estimate of drug-likeness (QED) is 0.372. The van der Waals surface area contributed by atoms with Gasteiger partial charge in [-0.15, -0.1) is 11.3 Å². The number of hydrogen-bond donors (Lipinski definition) is 3. The highest BCUT2D eigenvalue weighted by Crippen LogP contribution is 2.25. The summed E-state index contributed by atoms with van der Waals surface area (Å²) >= 11 is 12.5. The third-order valence-electron chi connectivity index (χ3n) is 3.72. The Morgan fingerprint density at radius 1 is 0.900 bits per heavy atom. The Balaban J connectivity index is 1.75. The van der Waals surface area contributed by atoms with Crippen LogP contribution in [0.15, 0.2) is 58.1 Å². The van der Waals surface area contributed by atoms with Crippen molar-refractivity contribution in [3.8, 4) is 0 Å². The lowest BCUT2D eigenvalue weighted by Crippen LogP contribution is -2.42. The second-order valence-electron chi connectivity index (χ2n) is 5.74. The van der Waals surface area contributed by atoms with Crippen molar-refractivity contribution in [1.82, 2.24) is 10.9 Å². The van der Waals surface area contributed by atoms with Gasteiger partial charge in [0.2, 0.25) is 0 Å². The van der Waals surface area contributed by atoms with Gasteiger partial charge in [0.25, 0.3) is 21.8 Å². The summed E-state index contributed by atoms with van der Waals surface area (Å²) in [5.41, 5.74) is 3.94. The molecule has 30 heavy (non-hydrogen) atoms. The van der Waals surface area contributed by atoms with Crippen molar-refractivity contribution in [3.05, 3.63) is 80.9 Å². The van der Waals surface area contributed by atoms with Gasteiger partial charge in [0, 0.05) is 0 Å². The van der Waals surface area contributed by atoms with Gasteiger partial charge in [0.1, 0.15) is 10.0 Å². The third kappa shape index (κ3) is 4.90. The first-order valence-electron chi connectivity index (χ1n) is 8.09. The molecular weight excluding hydrogens is 476 g/mol. The lowest BCUT2D eigenvalue weighted by Gasteiger charge is -2.13. The number of carbonyl (C=O) groups is 2. The maximum atomic E-state index is 13.6. The van der Waals surface area contributed by atoms with Crippen LogP contribution in [0.3, 0.4) is 0 Å². The van der Waals surface area contributed by atoms with E-state index in [1.807, 2.05) is 0 Å². The first-order valence-corrected chi connectivity index (χ1v) is 11.2. The van der Waals surface area contributed by atoms with E-state index in [1.165, 1.54) is 30.3 Å². The molecule has 0 atom stereocenters. The SMILES string of the molecule is O=C(NNC(=O)c1ccccc1NS(=O)(=O)c1cccs1)c1cc(F)c(Cl)cc1Cl. The predicted octanol–water partition coefficient (Wildman–Crippen LogP) is 4.07. The number of sulfonamides is 1. The van der Waals surface area contributed by atoms with Crippen LogP contribution < -0.4 is 15.6 Å². The van der Waals surface area contributed by atoms with E-state index < -0.39 is 27.7 Å². The lowest BCUT2D eigenvalue weighted by atomic mass is 10.2. The minimum absolute atomic E-state index is 0.00761. The number of benzene rings is 2. The summed E-state index contributed by atoms with van der Waals surface area (Å²) in [4.78, 5) is 24.7. The van der Waals surface area contributed by atoms with Crippen molar-refractivity contribution >= 4 is 62.1 Å². The fourth-order valence-electron chi connectivity index (χ4n) is 2.33. The first-order chi connectivity index (χ1) is 14.2. The van der Waals surface area contributed by atoms with Gasteiger partial charge in [-0.25, -0.2) is 12.8 Å². The van der Waals surface area contributed by atoms with Crippen LogP contribution >= 0.6 is 34.5 Å². The molecule has 2 amide bonds. The van der Waals surface area contributed by atoms with E-state index in [-0.39, 0.29) is 31.1 Å². The van der Waals surface area contributed by atoms with Gasteiger partial charge < -0.3 is 0 Å². The average molecular weight is 488 g/mol. The van der Waals surface area contributed by atoms with E-state index in [4.69, 9.17) is 23.2 Å². The molecule has 0 radical (unpaired) electrons. The normalized spacial score (nSPS) is 11.0. The van der Waals surface area contributed by atoms with Crippen LogP contribution in [-0.4, -0.2) is 20.2 Å². The van der Waals surface area contributed by atoms with E-state index in [9.17, 15) is 22.4 Å². The van der Waals surface area contributed by atoms with Crippen molar-refractivity contribution in [2.75, 3.05) is 4.72 Å². The molecule has 7 nitrogen and oxygen atoms in total. The fourth-order valence-corrected chi connectivity index (χ4v) is 4.87. The molecule has 0 spiro atoms. The van der Waals surface area contributed by atoms with Crippen LogP contribution in [0.2, 0.25) is 10.0 Å². The van der Waals surface area contributed by atoms with Crippen LogP contribution in [-0.2, 0) is 10.0 Å². The van der Waals surface area contributed by atoms with Crippen molar-refractivity contribution in [2.24, 2.45) is 0 Å². The van der Waals surface area contributed by atoms with Crippen LogP contribution in [0.4, 0.5) is 10.1 Å². The van der Waals surface area contributed by atoms with Gasteiger partial charge in [-0.3, -0.25) is 25.2 Å². The minimum Gasteiger partial charge on any atom is -0.278 e. The summed E-state index contributed by atoms with van der Waals surface area (Å²) in [5.74, 6) is -2.55. The number of hydrazine groups is 1. The largest absolute Gasteiger partial charge is 0.278 e. The van der Waals surface area contributed by atoms with Crippen LogP contribution in [0.5, 0.6) is 0 Å². The summed E-state index contributed by atoms with van der Waals surface area (Å²) in [5, 5.41) is 1.23. The highest BCUT2D eigenvalue weighted by Gasteiger charge is 2.20. The molecule has 1 aromatic heterocycles. The standard InChI is InChI=1S/C18H12Cl2FN3O4S2/c19-12-9-13(20)14(21)8-11(12)18(26)23-22-17(25)10-4-1-2-5-15(10)24-30(27,28)16-6-3-7-29-16/h1-9,24H,(H,22,25)(H,23,26). The monoisotopic (exact) mass is 487 g/mol. The van der Waals surface area contributed by atoms with Crippen molar-refractivity contribution in [2.45, 2.75) is 4.21 Å². The molecule has 2 aromatic carbocycles. The zero-order valence-corrected chi connectivity index (χ0v) is 17.9. The maximum Gasteiger partial charge on any atom is 0.271 e. The Kier molecular flexibility index (Phi) is 6.61. The summed E-state index contributed by atoms with van der Waals surface area (Å²) < 4.78 is 40.8. The zero-order valence-electron chi connectivity index (χ0n) is 14.8. The van der Waals surface area contributed by atoms with E-state index in [0.717, 1.165) is 23.5 Å². The van der Waals surface area contributed by atoms with E-state index in [2.05, 4.69) is 15.6 Å². The van der Waals surface area contributed by atoms with Crippen molar-refractivity contribution in [3.63, 3.8) is 0 Å². The van der Waals surface area contributed by atoms with E-state index >= 15 is 0 Å². The number of thiophene rings is 1. The molecule has 3 aromatic rings. The number of amides is 2. The van der Waals surface area contributed by atoms with Gasteiger partial charge in [-0.1, -0.05) is 41.4 Å². The number of nitrogens with one attached hydrogen (secondary N) is 3. The molecule has 0 unspecified atom stereocenters. The van der Waals surface area contributed by atoms with Gasteiger partial charge in [-0.2, -0.15) is 0 Å². The molecule has 12 heteroatoms. The molecule has 156 valence electrons. The number of hydrogen-bond acceptors (Lipinski definition) is 5. The Bertz CT molecular complexity index is 1220. The third-order valence-corrected chi connectivity index (χ3v) is 7.09. The van der Waals surface area contributed by atoms with Crippen LogP contribution in [0.1, 0.15) is 20.7 Å². The summed E-state index contributed by atoms with van der Waals surface area (Å²) in [6.07, 6.45) is 0. The van der Waals surface area contributed by atoms with E-state index in [0.29, 0.717) is 0 Å². The molecule has 0 saturated heterocycles. The minimum atomic E-state index is -3.89. The summed E-state index contributed by atoms with van der Waals surface area (Å²) in [6.45, 7) is 0. The lowest BCUT2D eigenvalue weighted by molar-refractivity contribution is 0.0847. The molecule has 3 rings (SSSR count). The van der Waals surface area contributed by atoms with Crippen LogP contribution in [0, 0.1) is 5.82 Å². The second-order valence-corrected chi connectivity index (χ2v) is 9.41. The molecule has 0 bridgehead atoms. The number of rotatable bonds is 5. The second kappa shape index (κ2) is 9.00. The van der Waals surface area contributed by atoms with Gasteiger partial charge in [0.05, 0.1) is 26.9 Å². The summed E-state index contributed by atoms with van der Waals surface area (Å²) in [7, 11) is -3.89. The Morgan fingerprint density at radius 3 is 2.23 bits per heavy atom. The van der Waals surface area contributed by atoms with Crippen molar-refractivity contribution < 1.29 is 22.4 Å². The smallest absolute Gasteiger partial charge is 0.271 e. The van der Waals surface area contributed by atoms with E-state index in [1.54, 1.807) is 11.4 Å². The first kappa shape index (κ1) is 22.0. The molecule has 3 N–H and O–H groups in total. The Hall–Kier alpha value is -2.66.